The fourth-order valence-electron chi connectivity index (χ4n) is 1.18. The molecular weight excluding hydrogens is 197 g/mol. The number of hydrogen-bond acceptors (Lipinski definition) is 3. The molecule has 15 heavy (non-hydrogen) atoms. The highest BCUT2D eigenvalue weighted by molar-refractivity contribution is 5.73. The zero-order valence-corrected chi connectivity index (χ0v) is 8.29. The van der Waals surface area contributed by atoms with Crippen LogP contribution in [0.5, 0.6) is 0 Å². The normalized spacial score (nSPS) is 9.93. The van der Waals surface area contributed by atoms with Gasteiger partial charge in [-0.15, -0.1) is 0 Å². The summed E-state index contributed by atoms with van der Waals surface area (Å²) in [7, 11) is 0. The van der Waals surface area contributed by atoms with Crippen LogP contribution in [0.3, 0.4) is 0 Å². The summed E-state index contributed by atoms with van der Waals surface area (Å²) in [5.74, 6) is -0.695. The highest BCUT2D eigenvalue weighted by Gasteiger charge is 2.00. The number of nitrogens with one attached hydrogen (secondary N) is 1. The van der Waals surface area contributed by atoms with Crippen molar-refractivity contribution in [1.82, 2.24) is 0 Å². The predicted molar refractivity (Wildman–Crippen MR) is 57.7 cm³/mol. The van der Waals surface area contributed by atoms with E-state index < -0.39 is 0 Å². The first-order valence-electron chi connectivity index (χ1n) is 4.67. The molecule has 1 amide bonds. The minimum Gasteiger partial charge on any atom is -0.397 e. The van der Waals surface area contributed by atoms with Crippen LogP contribution in [0.2, 0.25) is 0 Å². The van der Waals surface area contributed by atoms with Crippen molar-refractivity contribution >= 4 is 17.3 Å². The topological polar surface area (TPSA) is 81.1 Å². The Kier molecular flexibility index (Phi) is 3.91. The highest BCUT2D eigenvalue weighted by Crippen LogP contribution is 2.18. The van der Waals surface area contributed by atoms with Gasteiger partial charge in [0, 0.05) is 13.0 Å². The quantitative estimate of drug-likeness (QED) is 0.503. The monoisotopic (exact) mass is 211 g/mol. The number of nitrogen functional groups attached to an aromatic ring is 1. The van der Waals surface area contributed by atoms with Gasteiger partial charge in [0.2, 0.25) is 5.91 Å². The van der Waals surface area contributed by atoms with Crippen molar-refractivity contribution in [2.45, 2.75) is 12.8 Å². The summed E-state index contributed by atoms with van der Waals surface area (Å²) < 4.78 is 12.7. The van der Waals surface area contributed by atoms with Crippen LogP contribution in [-0.2, 0) is 4.79 Å². The SMILES string of the molecule is NC(=O)CCCNc1ccc(F)cc1N. The number of benzene rings is 1. The molecule has 0 aromatic heterocycles. The smallest absolute Gasteiger partial charge is 0.217 e. The summed E-state index contributed by atoms with van der Waals surface area (Å²) in [6.45, 7) is 0.582. The highest BCUT2D eigenvalue weighted by atomic mass is 19.1. The molecule has 1 aromatic carbocycles. The minimum absolute atomic E-state index is 0.327. The van der Waals surface area contributed by atoms with Gasteiger partial charge in [0.25, 0.3) is 0 Å². The lowest BCUT2D eigenvalue weighted by Gasteiger charge is -2.08. The molecule has 82 valence electrons. The van der Waals surface area contributed by atoms with Gasteiger partial charge < -0.3 is 16.8 Å². The Morgan fingerprint density at radius 1 is 1.47 bits per heavy atom. The van der Waals surface area contributed by atoms with Crippen molar-refractivity contribution in [3.63, 3.8) is 0 Å². The summed E-state index contributed by atoms with van der Waals surface area (Å²) in [5.41, 5.74) is 11.6. The standard InChI is InChI=1S/C10H14FN3O/c11-7-3-4-9(8(12)6-7)14-5-1-2-10(13)15/h3-4,6,14H,1-2,5,12H2,(H2,13,15). The van der Waals surface area contributed by atoms with Gasteiger partial charge in [0.15, 0.2) is 0 Å². The van der Waals surface area contributed by atoms with Crippen LogP contribution < -0.4 is 16.8 Å². The Hall–Kier alpha value is -1.78. The Labute approximate surface area is 87.4 Å². The van der Waals surface area contributed by atoms with E-state index in [2.05, 4.69) is 5.32 Å². The lowest BCUT2D eigenvalue weighted by Crippen LogP contribution is -2.13. The summed E-state index contributed by atoms with van der Waals surface area (Å²) >= 11 is 0. The zero-order valence-electron chi connectivity index (χ0n) is 8.29. The van der Waals surface area contributed by atoms with Crippen LogP contribution in [0.1, 0.15) is 12.8 Å². The number of hydrogen-bond donors (Lipinski definition) is 3. The Balaban J connectivity index is 2.40. The van der Waals surface area contributed by atoms with Crippen LogP contribution in [0.25, 0.3) is 0 Å². The second-order valence-electron chi connectivity index (χ2n) is 3.23. The molecule has 0 radical (unpaired) electrons. The number of nitrogens with two attached hydrogens (primary N) is 2. The van der Waals surface area contributed by atoms with Crippen molar-refractivity contribution in [3.05, 3.63) is 24.0 Å². The van der Waals surface area contributed by atoms with Gasteiger partial charge in [-0.2, -0.15) is 0 Å². The van der Waals surface area contributed by atoms with Gasteiger partial charge in [-0.1, -0.05) is 0 Å². The van der Waals surface area contributed by atoms with Crippen LogP contribution in [0, 0.1) is 5.82 Å². The minimum atomic E-state index is -0.366. The van der Waals surface area contributed by atoms with Gasteiger partial charge in [0.1, 0.15) is 5.82 Å². The second-order valence-corrected chi connectivity index (χ2v) is 3.23. The van der Waals surface area contributed by atoms with Gasteiger partial charge >= 0.3 is 0 Å². The van der Waals surface area contributed by atoms with Crippen LogP contribution >= 0.6 is 0 Å². The summed E-state index contributed by atoms with van der Waals surface area (Å²) in [6.07, 6.45) is 0.959. The van der Waals surface area contributed by atoms with Gasteiger partial charge in [0.05, 0.1) is 11.4 Å². The number of anilines is 2. The van der Waals surface area contributed by atoms with E-state index in [1.807, 2.05) is 0 Å². The van der Waals surface area contributed by atoms with E-state index in [1.165, 1.54) is 12.1 Å². The third kappa shape index (κ3) is 3.84. The van der Waals surface area contributed by atoms with Crippen LogP contribution in [-0.4, -0.2) is 12.5 Å². The molecule has 4 nitrogen and oxygen atoms in total. The number of carbonyl (C=O) groups is 1. The lowest BCUT2D eigenvalue weighted by molar-refractivity contribution is -0.118. The van der Waals surface area contributed by atoms with E-state index in [-0.39, 0.29) is 11.7 Å². The molecule has 0 heterocycles. The Bertz CT molecular complexity index is 355. The number of amides is 1. The maximum absolute atomic E-state index is 12.7. The molecule has 5 N–H and O–H groups in total. The summed E-state index contributed by atoms with van der Waals surface area (Å²) in [4.78, 5) is 10.4. The molecule has 1 rings (SSSR count). The van der Waals surface area contributed by atoms with Crippen LogP contribution in [0.4, 0.5) is 15.8 Å². The molecule has 0 aliphatic rings. The van der Waals surface area contributed by atoms with Crippen LogP contribution in [0.15, 0.2) is 18.2 Å². The summed E-state index contributed by atoms with van der Waals surface area (Å²) in [6, 6.07) is 4.14. The molecular formula is C10H14FN3O. The number of halogens is 1. The van der Waals surface area contributed by atoms with Crippen molar-refractivity contribution in [2.75, 3.05) is 17.6 Å². The largest absolute Gasteiger partial charge is 0.397 e. The van der Waals surface area contributed by atoms with Crippen molar-refractivity contribution in [3.8, 4) is 0 Å². The first-order valence-corrected chi connectivity index (χ1v) is 4.67. The Morgan fingerprint density at radius 2 is 2.20 bits per heavy atom. The maximum atomic E-state index is 12.7. The number of rotatable bonds is 5. The number of carbonyl (C=O) groups excluding carboxylic acids is 1. The molecule has 0 fully saturated rings. The fourth-order valence-corrected chi connectivity index (χ4v) is 1.18. The first-order chi connectivity index (χ1) is 7.09. The first kappa shape index (κ1) is 11.3. The second kappa shape index (κ2) is 5.19. The fraction of sp³-hybridized carbons (Fsp3) is 0.300. The maximum Gasteiger partial charge on any atom is 0.217 e. The third-order valence-corrected chi connectivity index (χ3v) is 1.93. The van der Waals surface area contributed by atoms with Gasteiger partial charge in [-0.05, 0) is 24.6 Å². The van der Waals surface area contributed by atoms with E-state index in [0.717, 1.165) is 0 Å². The lowest BCUT2D eigenvalue weighted by atomic mass is 10.2. The van der Waals surface area contributed by atoms with E-state index in [0.29, 0.717) is 30.8 Å². The molecule has 5 heteroatoms. The molecule has 0 spiro atoms. The molecule has 0 saturated carbocycles. The van der Waals surface area contributed by atoms with E-state index in [9.17, 15) is 9.18 Å². The molecule has 0 atom stereocenters. The molecule has 0 unspecified atom stereocenters. The van der Waals surface area contributed by atoms with Crippen molar-refractivity contribution < 1.29 is 9.18 Å². The third-order valence-electron chi connectivity index (χ3n) is 1.93. The van der Waals surface area contributed by atoms with E-state index in [4.69, 9.17) is 11.5 Å². The van der Waals surface area contributed by atoms with E-state index >= 15 is 0 Å². The zero-order chi connectivity index (χ0) is 11.3. The molecule has 1 aromatic rings. The Morgan fingerprint density at radius 3 is 2.80 bits per heavy atom. The molecule has 0 aliphatic carbocycles. The van der Waals surface area contributed by atoms with Gasteiger partial charge in [-0.3, -0.25) is 4.79 Å². The predicted octanol–water partition coefficient (Wildman–Crippen LogP) is 1.09. The number of primary amides is 1. The van der Waals surface area contributed by atoms with E-state index in [1.54, 1.807) is 6.07 Å². The van der Waals surface area contributed by atoms with Crippen molar-refractivity contribution in [2.24, 2.45) is 5.73 Å². The summed E-state index contributed by atoms with van der Waals surface area (Å²) in [5, 5.41) is 3.00. The van der Waals surface area contributed by atoms with Crippen molar-refractivity contribution in [1.29, 1.82) is 0 Å². The molecule has 0 aliphatic heterocycles. The average molecular weight is 211 g/mol. The molecule has 0 saturated heterocycles. The van der Waals surface area contributed by atoms with Gasteiger partial charge in [-0.25, -0.2) is 4.39 Å². The average Bonchev–Trinajstić information content (AvgIpc) is 2.14. The molecule has 0 bridgehead atoms.